The summed E-state index contributed by atoms with van der Waals surface area (Å²) in [6.45, 7) is 2.45. The third-order valence-electron chi connectivity index (χ3n) is 1.60. The molecule has 0 radical (unpaired) electrons. The number of aliphatic hydroxyl groups is 3. The molecule has 0 aliphatic carbocycles. The van der Waals surface area contributed by atoms with Gasteiger partial charge in [-0.2, -0.15) is 0 Å². The maximum absolute atomic E-state index is 10.9. The molecule has 0 spiro atoms. The minimum Gasteiger partial charge on any atom is -0.391 e. The van der Waals surface area contributed by atoms with Crippen LogP contribution >= 0.6 is 0 Å². The van der Waals surface area contributed by atoms with Crippen molar-refractivity contribution >= 4 is 11.8 Å². The van der Waals surface area contributed by atoms with Gasteiger partial charge >= 0.3 is 0 Å². The van der Waals surface area contributed by atoms with Gasteiger partial charge in [0.15, 0.2) is 0 Å². The Bertz CT molecular complexity index is 216. The molecule has 0 aromatic carbocycles. The second-order valence-electron chi connectivity index (χ2n) is 3.11. The van der Waals surface area contributed by atoms with Crippen molar-refractivity contribution in [1.29, 1.82) is 0 Å². The van der Waals surface area contributed by atoms with Gasteiger partial charge in [0, 0.05) is 6.92 Å². The standard InChI is InChI=1S/C8H15NO5/c1-4(10)8(14)6(12)3-7(13)9-5(2)11/h4,6,8,10,12,14H,3H2,1-2H3,(H,9,11,13)/t4-,6-,8-/m0/s1. The monoisotopic (exact) mass is 205 g/mol. The first kappa shape index (κ1) is 13.0. The molecule has 0 fully saturated rings. The zero-order valence-electron chi connectivity index (χ0n) is 8.10. The van der Waals surface area contributed by atoms with E-state index >= 15 is 0 Å². The Labute approximate surface area is 81.5 Å². The highest BCUT2D eigenvalue weighted by atomic mass is 16.4. The van der Waals surface area contributed by atoms with E-state index in [1.54, 1.807) is 0 Å². The summed E-state index contributed by atoms with van der Waals surface area (Å²) in [5.41, 5.74) is 0. The Morgan fingerprint density at radius 2 is 1.79 bits per heavy atom. The average molecular weight is 205 g/mol. The van der Waals surface area contributed by atoms with Crippen molar-refractivity contribution in [3.05, 3.63) is 0 Å². The highest BCUT2D eigenvalue weighted by Crippen LogP contribution is 2.03. The molecule has 6 nitrogen and oxygen atoms in total. The minimum atomic E-state index is -1.40. The summed E-state index contributed by atoms with van der Waals surface area (Å²) in [5.74, 6) is -1.22. The van der Waals surface area contributed by atoms with E-state index in [0.717, 1.165) is 6.92 Å². The van der Waals surface area contributed by atoms with E-state index in [0.29, 0.717) is 0 Å². The fourth-order valence-electron chi connectivity index (χ4n) is 0.880. The van der Waals surface area contributed by atoms with Crippen LogP contribution < -0.4 is 5.32 Å². The predicted octanol–water partition coefficient (Wildman–Crippen LogP) is -1.86. The Morgan fingerprint density at radius 3 is 2.14 bits per heavy atom. The molecule has 0 unspecified atom stereocenters. The van der Waals surface area contributed by atoms with Crippen LogP contribution in [0.15, 0.2) is 0 Å². The van der Waals surface area contributed by atoms with Gasteiger partial charge in [-0.05, 0) is 6.92 Å². The second-order valence-corrected chi connectivity index (χ2v) is 3.11. The van der Waals surface area contributed by atoms with Crippen LogP contribution in [-0.4, -0.2) is 45.4 Å². The fourth-order valence-corrected chi connectivity index (χ4v) is 0.880. The zero-order valence-corrected chi connectivity index (χ0v) is 8.10. The summed E-state index contributed by atoms with van der Waals surface area (Å²) in [6, 6.07) is 0. The maximum atomic E-state index is 10.9. The lowest BCUT2D eigenvalue weighted by Crippen LogP contribution is -2.40. The fraction of sp³-hybridized carbons (Fsp3) is 0.750. The van der Waals surface area contributed by atoms with E-state index in [1.807, 2.05) is 5.32 Å². The van der Waals surface area contributed by atoms with Gasteiger partial charge in [0.05, 0.1) is 18.6 Å². The minimum absolute atomic E-state index is 0.425. The molecule has 3 atom stereocenters. The highest BCUT2D eigenvalue weighted by molar-refractivity contribution is 5.94. The van der Waals surface area contributed by atoms with Crippen molar-refractivity contribution in [1.82, 2.24) is 5.32 Å². The lowest BCUT2D eigenvalue weighted by Gasteiger charge is -2.19. The van der Waals surface area contributed by atoms with E-state index in [-0.39, 0.29) is 0 Å². The predicted molar refractivity (Wildman–Crippen MR) is 47.1 cm³/mol. The van der Waals surface area contributed by atoms with E-state index in [1.165, 1.54) is 6.92 Å². The maximum Gasteiger partial charge on any atom is 0.229 e. The molecule has 2 amide bonds. The van der Waals surface area contributed by atoms with E-state index in [9.17, 15) is 14.7 Å². The van der Waals surface area contributed by atoms with Gasteiger partial charge in [0.2, 0.25) is 11.8 Å². The number of hydrogen-bond acceptors (Lipinski definition) is 5. The Balaban J connectivity index is 3.99. The van der Waals surface area contributed by atoms with Gasteiger partial charge in [-0.15, -0.1) is 0 Å². The number of rotatable bonds is 4. The van der Waals surface area contributed by atoms with Crippen molar-refractivity contribution in [2.75, 3.05) is 0 Å². The number of nitrogens with one attached hydrogen (secondary N) is 1. The van der Waals surface area contributed by atoms with Gasteiger partial charge < -0.3 is 15.3 Å². The molecule has 0 aliphatic rings. The van der Waals surface area contributed by atoms with Crippen molar-refractivity contribution in [2.24, 2.45) is 0 Å². The quantitative estimate of drug-likeness (QED) is 0.430. The molecule has 4 N–H and O–H groups in total. The molecular formula is C8H15NO5. The first-order chi connectivity index (χ1) is 6.34. The highest BCUT2D eigenvalue weighted by Gasteiger charge is 2.23. The first-order valence-electron chi connectivity index (χ1n) is 4.19. The molecule has 0 aromatic rings. The van der Waals surface area contributed by atoms with Crippen LogP contribution in [0, 0.1) is 0 Å². The molecular weight excluding hydrogens is 190 g/mol. The smallest absolute Gasteiger partial charge is 0.229 e. The number of imide groups is 1. The molecule has 0 rings (SSSR count). The van der Waals surface area contributed by atoms with Crippen LogP contribution in [0.2, 0.25) is 0 Å². The SMILES string of the molecule is CC(=O)NC(=O)C[C@H](O)[C@@H](O)[C@H](C)O. The number of carbonyl (C=O) groups excluding carboxylic acids is 2. The van der Waals surface area contributed by atoms with Crippen LogP contribution in [0.5, 0.6) is 0 Å². The summed E-state index contributed by atoms with van der Waals surface area (Å²) < 4.78 is 0. The van der Waals surface area contributed by atoms with Crippen LogP contribution in [0.4, 0.5) is 0 Å². The third-order valence-corrected chi connectivity index (χ3v) is 1.60. The summed E-state index contributed by atoms with van der Waals surface area (Å²) in [7, 11) is 0. The van der Waals surface area contributed by atoms with E-state index < -0.39 is 36.5 Å². The second kappa shape index (κ2) is 5.69. The lowest BCUT2D eigenvalue weighted by atomic mass is 10.1. The average Bonchev–Trinajstić information content (AvgIpc) is 2.00. The van der Waals surface area contributed by atoms with Crippen LogP contribution in [-0.2, 0) is 9.59 Å². The molecule has 0 saturated carbocycles. The molecule has 82 valence electrons. The molecule has 0 aromatic heterocycles. The molecule has 14 heavy (non-hydrogen) atoms. The third kappa shape index (κ3) is 4.90. The summed E-state index contributed by atoms with van der Waals surface area (Å²) in [6.07, 6.45) is -4.33. The first-order valence-corrected chi connectivity index (χ1v) is 4.19. The lowest BCUT2D eigenvalue weighted by molar-refractivity contribution is -0.132. The van der Waals surface area contributed by atoms with Crippen molar-refractivity contribution < 1.29 is 24.9 Å². The normalized spacial score (nSPS) is 16.9. The van der Waals surface area contributed by atoms with Crippen molar-refractivity contribution in [2.45, 2.75) is 38.6 Å². The van der Waals surface area contributed by atoms with Gasteiger partial charge in [0.1, 0.15) is 6.10 Å². The van der Waals surface area contributed by atoms with Gasteiger partial charge in [-0.3, -0.25) is 14.9 Å². The Kier molecular flexibility index (Phi) is 5.29. The number of amides is 2. The molecule has 0 heterocycles. The zero-order chi connectivity index (χ0) is 11.3. The largest absolute Gasteiger partial charge is 0.391 e. The van der Waals surface area contributed by atoms with Crippen LogP contribution in [0.3, 0.4) is 0 Å². The topological polar surface area (TPSA) is 107 Å². The summed E-state index contributed by atoms with van der Waals surface area (Å²) in [5, 5.41) is 29.1. The van der Waals surface area contributed by atoms with Gasteiger partial charge in [0.25, 0.3) is 0 Å². The number of carbonyl (C=O) groups is 2. The number of aliphatic hydroxyl groups excluding tert-OH is 3. The molecule has 0 bridgehead atoms. The van der Waals surface area contributed by atoms with Gasteiger partial charge in [-0.1, -0.05) is 0 Å². The summed E-state index contributed by atoms with van der Waals surface area (Å²) >= 11 is 0. The molecule has 0 aliphatic heterocycles. The van der Waals surface area contributed by atoms with Crippen LogP contribution in [0.25, 0.3) is 0 Å². The van der Waals surface area contributed by atoms with Crippen molar-refractivity contribution in [3.8, 4) is 0 Å². The van der Waals surface area contributed by atoms with Gasteiger partial charge in [-0.25, -0.2) is 0 Å². The molecule has 6 heteroatoms. The summed E-state index contributed by atoms with van der Waals surface area (Å²) in [4.78, 5) is 21.3. The van der Waals surface area contributed by atoms with Crippen molar-refractivity contribution in [3.63, 3.8) is 0 Å². The Hall–Kier alpha value is -0.980. The van der Waals surface area contributed by atoms with Crippen LogP contribution in [0.1, 0.15) is 20.3 Å². The van der Waals surface area contributed by atoms with E-state index in [4.69, 9.17) is 10.2 Å². The number of hydrogen-bond donors (Lipinski definition) is 4. The van der Waals surface area contributed by atoms with E-state index in [2.05, 4.69) is 0 Å². The Morgan fingerprint density at radius 1 is 1.29 bits per heavy atom. The molecule has 0 saturated heterocycles.